The van der Waals surface area contributed by atoms with Gasteiger partial charge in [-0.25, -0.2) is 0 Å². The lowest BCUT2D eigenvalue weighted by molar-refractivity contribution is -0.142. The molecule has 116 valence electrons. The number of nitrogens with zero attached hydrogens (tertiary/aromatic N) is 2. The van der Waals surface area contributed by atoms with Gasteiger partial charge in [0, 0.05) is 26.2 Å². The van der Waals surface area contributed by atoms with E-state index < -0.39 is 22.1 Å². The number of rotatable bonds is 3. The number of hydrogen-bond donors (Lipinski definition) is 1. The minimum Gasteiger partial charge on any atom is -0.481 e. The third-order valence-corrected chi connectivity index (χ3v) is 6.30. The highest BCUT2D eigenvalue weighted by Gasteiger charge is 2.38. The van der Waals surface area contributed by atoms with Crippen molar-refractivity contribution in [2.24, 2.45) is 11.3 Å². The molecule has 2 heterocycles. The Morgan fingerprint density at radius 2 is 1.75 bits per heavy atom. The minimum atomic E-state index is -3.43. The monoisotopic (exact) mass is 304 g/mol. The molecule has 0 radical (unpaired) electrons. The van der Waals surface area contributed by atoms with Crippen LogP contribution in [0.3, 0.4) is 0 Å². The first-order chi connectivity index (χ1) is 9.22. The normalized spacial score (nSPS) is 26.5. The molecule has 0 aliphatic carbocycles. The summed E-state index contributed by atoms with van der Waals surface area (Å²) in [6.45, 7) is 5.93. The molecule has 2 aliphatic rings. The Bertz CT molecular complexity index is 467. The van der Waals surface area contributed by atoms with Crippen LogP contribution >= 0.6 is 0 Å². The van der Waals surface area contributed by atoms with Gasteiger partial charge >= 0.3 is 5.97 Å². The van der Waals surface area contributed by atoms with E-state index in [4.69, 9.17) is 5.11 Å². The van der Waals surface area contributed by atoms with Gasteiger partial charge in [-0.2, -0.15) is 17.0 Å². The Hall–Kier alpha value is -0.660. The maximum atomic E-state index is 12.6. The summed E-state index contributed by atoms with van der Waals surface area (Å²) < 4.78 is 28.2. The van der Waals surface area contributed by atoms with Crippen molar-refractivity contribution in [3.05, 3.63) is 0 Å². The molecule has 0 atom stereocenters. The fourth-order valence-corrected chi connectivity index (χ4v) is 4.93. The van der Waals surface area contributed by atoms with Crippen LogP contribution in [-0.2, 0) is 15.0 Å². The van der Waals surface area contributed by atoms with Crippen LogP contribution in [0.25, 0.3) is 0 Å². The van der Waals surface area contributed by atoms with Crippen LogP contribution in [0.1, 0.15) is 39.5 Å². The first kappa shape index (κ1) is 15.7. The first-order valence-electron chi connectivity index (χ1n) is 7.20. The fourth-order valence-electron chi connectivity index (χ4n) is 3.06. The van der Waals surface area contributed by atoms with Crippen LogP contribution in [0.4, 0.5) is 0 Å². The van der Waals surface area contributed by atoms with Gasteiger partial charge in [0.05, 0.1) is 5.92 Å². The van der Waals surface area contributed by atoms with Crippen LogP contribution in [0.5, 0.6) is 0 Å². The van der Waals surface area contributed by atoms with Crippen molar-refractivity contribution in [2.75, 3.05) is 26.2 Å². The smallest absolute Gasteiger partial charge is 0.306 e. The molecule has 0 aromatic heterocycles. The Morgan fingerprint density at radius 3 is 2.25 bits per heavy atom. The third-order valence-electron chi connectivity index (χ3n) is 4.32. The Kier molecular flexibility index (Phi) is 4.41. The second kappa shape index (κ2) is 5.61. The van der Waals surface area contributed by atoms with E-state index in [0.29, 0.717) is 39.0 Å². The van der Waals surface area contributed by atoms with Gasteiger partial charge in [0.15, 0.2) is 0 Å². The summed E-state index contributed by atoms with van der Waals surface area (Å²) in [5.74, 6) is -1.22. The number of hydrogen-bond acceptors (Lipinski definition) is 3. The van der Waals surface area contributed by atoms with Gasteiger partial charge in [-0.05, 0) is 31.1 Å². The number of carboxylic acids is 1. The first-order valence-corrected chi connectivity index (χ1v) is 8.60. The van der Waals surface area contributed by atoms with E-state index in [1.54, 1.807) is 4.31 Å². The molecular weight excluding hydrogens is 280 g/mol. The molecule has 0 spiro atoms. The number of carboxylic acid groups (broad SMARTS) is 1. The molecule has 1 N–H and O–H groups in total. The van der Waals surface area contributed by atoms with Crippen LogP contribution < -0.4 is 0 Å². The molecule has 2 rings (SSSR count). The Labute approximate surface area is 120 Å². The van der Waals surface area contributed by atoms with Crippen molar-refractivity contribution in [1.82, 2.24) is 8.61 Å². The second-order valence-electron chi connectivity index (χ2n) is 6.62. The molecule has 6 nitrogen and oxygen atoms in total. The van der Waals surface area contributed by atoms with Crippen LogP contribution in [-0.4, -0.2) is 54.3 Å². The highest BCUT2D eigenvalue weighted by Crippen LogP contribution is 2.31. The van der Waals surface area contributed by atoms with E-state index in [2.05, 4.69) is 13.8 Å². The van der Waals surface area contributed by atoms with E-state index in [-0.39, 0.29) is 5.41 Å². The SMILES string of the molecule is CC1(C)CCCN(S(=O)(=O)N2CCC(C(=O)O)CC2)C1. The van der Waals surface area contributed by atoms with Gasteiger partial charge in [0.1, 0.15) is 0 Å². The summed E-state index contributed by atoms with van der Waals surface area (Å²) >= 11 is 0. The van der Waals surface area contributed by atoms with E-state index in [0.717, 1.165) is 12.8 Å². The largest absolute Gasteiger partial charge is 0.481 e. The van der Waals surface area contributed by atoms with E-state index >= 15 is 0 Å². The van der Waals surface area contributed by atoms with E-state index in [1.165, 1.54) is 4.31 Å². The predicted molar refractivity (Wildman–Crippen MR) is 75.4 cm³/mol. The molecular formula is C13H24N2O4S. The number of carbonyl (C=O) groups is 1. The Morgan fingerprint density at radius 1 is 1.15 bits per heavy atom. The zero-order chi connectivity index (χ0) is 15.0. The molecule has 2 aliphatic heterocycles. The number of piperidine rings is 2. The molecule has 0 aromatic carbocycles. The van der Waals surface area contributed by atoms with Crippen LogP contribution in [0, 0.1) is 11.3 Å². The van der Waals surface area contributed by atoms with Crippen LogP contribution in [0.15, 0.2) is 0 Å². The fraction of sp³-hybridized carbons (Fsp3) is 0.923. The third kappa shape index (κ3) is 3.32. The van der Waals surface area contributed by atoms with Gasteiger partial charge in [-0.1, -0.05) is 13.8 Å². The molecule has 0 amide bonds. The lowest BCUT2D eigenvalue weighted by Crippen LogP contribution is -2.52. The van der Waals surface area contributed by atoms with Crippen LogP contribution in [0.2, 0.25) is 0 Å². The maximum Gasteiger partial charge on any atom is 0.306 e. The van der Waals surface area contributed by atoms with E-state index in [1.807, 2.05) is 0 Å². The highest BCUT2D eigenvalue weighted by atomic mass is 32.2. The van der Waals surface area contributed by atoms with E-state index in [9.17, 15) is 13.2 Å². The lowest BCUT2D eigenvalue weighted by Gasteiger charge is -2.40. The predicted octanol–water partition coefficient (Wildman–Crippen LogP) is 1.15. The minimum absolute atomic E-state index is 0.0186. The topological polar surface area (TPSA) is 77.9 Å². The van der Waals surface area contributed by atoms with Crippen molar-refractivity contribution in [1.29, 1.82) is 0 Å². The van der Waals surface area contributed by atoms with Crippen molar-refractivity contribution in [3.63, 3.8) is 0 Å². The molecule has 0 bridgehead atoms. The summed E-state index contributed by atoms with van der Waals surface area (Å²) in [6.07, 6.45) is 2.75. The molecule has 0 saturated carbocycles. The molecule has 2 fully saturated rings. The molecule has 2 saturated heterocycles. The summed E-state index contributed by atoms with van der Waals surface area (Å²) in [5.41, 5.74) is 0.0186. The second-order valence-corrected chi connectivity index (χ2v) is 8.55. The zero-order valence-electron chi connectivity index (χ0n) is 12.2. The van der Waals surface area contributed by atoms with Crippen molar-refractivity contribution in [3.8, 4) is 0 Å². The lowest BCUT2D eigenvalue weighted by atomic mass is 9.85. The molecule has 0 aromatic rings. The Balaban J connectivity index is 2.02. The number of aliphatic carboxylic acids is 1. The zero-order valence-corrected chi connectivity index (χ0v) is 13.0. The average molecular weight is 304 g/mol. The average Bonchev–Trinajstić information content (AvgIpc) is 2.37. The van der Waals surface area contributed by atoms with Crippen molar-refractivity contribution < 1.29 is 18.3 Å². The molecule has 0 unspecified atom stereocenters. The van der Waals surface area contributed by atoms with Gasteiger partial charge in [-0.15, -0.1) is 0 Å². The maximum absolute atomic E-state index is 12.6. The summed E-state index contributed by atoms with van der Waals surface area (Å²) in [7, 11) is -3.43. The summed E-state index contributed by atoms with van der Waals surface area (Å²) in [6, 6.07) is 0. The molecule has 20 heavy (non-hydrogen) atoms. The molecule has 7 heteroatoms. The van der Waals surface area contributed by atoms with Gasteiger partial charge in [0.25, 0.3) is 10.2 Å². The summed E-state index contributed by atoms with van der Waals surface area (Å²) in [5, 5.41) is 8.97. The van der Waals surface area contributed by atoms with Gasteiger partial charge in [0.2, 0.25) is 0 Å². The van der Waals surface area contributed by atoms with Gasteiger partial charge in [-0.3, -0.25) is 4.79 Å². The van der Waals surface area contributed by atoms with Crippen molar-refractivity contribution in [2.45, 2.75) is 39.5 Å². The van der Waals surface area contributed by atoms with Gasteiger partial charge < -0.3 is 5.11 Å². The quantitative estimate of drug-likeness (QED) is 0.848. The standard InChI is InChI=1S/C13H24N2O4S/c1-13(2)6-3-7-15(10-13)20(18,19)14-8-4-11(5-9-14)12(16)17/h11H,3-10H2,1-2H3,(H,16,17). The summed E-state index contributed by atoms with van der Waals surface area (Å²) in [4.78, 5) is 10.9. The highest BCUT2D eigenvalue weighted by molar-refractivity contribution is 7.86. The van der Waals surface area contributed by atoms with Crippen molar-refractivity contribution >= 4 is 16.2 Å².